The first-order chi connectivity index (χ1) is 8.60. The predicted octanol–water partition coefficient (Wildman–Crippen LogP) is 3.87. The van der Waals surface area contributed by atoms with E-state index in [0.29, 0.717) is 18.8 Å². The molecule has 1 aliphatic rings. The summed E-state index contributed by atoms with van der Waals surface area (Å²) in [6.07, 6.45) is 7.08. The predicted molar refractivity (Wildman–Crippen MR) is 82.4 cm³/mol. The number of Topliss-reactive ketones (excluding diaryl/α,β-unsaturated/α-hetero) is 1. The number of hydrogen-bond acceptors (Lipinski definition) is 2. The summed E-state index contributed by atoms with van der Waals surface area (Å²) in [5, 5.41) is 0.195. The molecule has 0 radical (unpaired) electrons. The quantitative estimate of drug-likeness (QED) is 0.579. The Morgan fingerprint density at radius 1 is 1.42 bits per heavy atom. The Hall–Kier alpha value is -0.593. The molecule has 0 aromatic heterocycles. The van der Waals surface area contributed by atoms with E-state index in [1.165, 1.54) is 0 Å². The van der Waals surface area contributed by atoms with E-state index in [1.54, 1.807) is 0 Å². The molecule has 3 atom stereocenters. The van der Waals surface area contributed by atoms with Crippen molar-refractivity contribution in [1.82, 2.24) is 0 Å². The number of hydrogen-bond donors (Lipinski definition) is 0. The van der Waals surface area contributed by atoms with Crippen molar-refractivity contribution in [3.63, 3.8) is 0 Å². The maximum Gasteiger partial charge on any atom is 0.191 e. The molecule has 0 amide bonds. The summed E-state index contributed by atoms with van der Waals surface area (Å²) in [4.78, 5) is 11.9. The SMILES string of the molecule is C#C[C@@H]1CCC(=O)[C@@H](C)[C@H]1CO[Si](C)(C)C(C)(C)C. The summed E-state index contributed by atoms with van der Waals surface area (Å²) >= 11 is 0. The van der Waals surface area contributed by atoms with E-state index < -0.39 is 8.32 Å². The molecule has 0 bridgehead atoms. The van der Waals surface area contributed by atoms with Crippen LogP contribution in [0, 0.1) is 30.1 Å². The van der Waals surface area contributed by atoms with Crippen molar-refractivity contribution in [3.8, 4) is 12.3 Å². The average Bonchev–Trinajstić information content (AvgIpc) is 2.29. The van der Waals surface area contributed by atoms with E-state index in [-0.39, 0.29) is 22.8 Å². The van der Waals surface area contributed by atoms with Gasteiger partial charge in [0.05, 0.1) is 0 Å². The minimum Gasteiger partial charge on any atom is -0.416 e. The lowest BCUT2D eigenvalue weighted by atomic mass is 9.73. The van der Waals surface area contributed by atoms with Crippen molar-refractivity contribution in [3.05, 3.63) is 0 Å². The van der Waals surface area contributed by atoms with Gasteiger partial charge in [-0.1, -0.05) is 27.7 Å². The van der Waals surface area contributed by atoms with Gasteiger partial charge < -0.3 is 4.43 Å². The molecule has 1 saturated carbocycles. The molecule has 2 nitrogen and oxygen atoms in total. The van der Waals surface area contributed by atoms with Crippen LogP contribution >= 0.6 is 0 Å². The Bertz CT molecular complexity index is 373. The Labute approximate surface area is 119 Å². The zero-order chi connectivity index (χ0) is 14.8. The van der Waals surface area contributed by atoms with Crippen LogP contribution in [0.4, 0.5) is 0 Å². The highest BCUT2D eigenvalue weighted by Gasteiger charge is 2.40. The smallest absolute Gasteiger partial charge is 0.191 e. The van der Waals surface area contributed by atoms with Gasteiger partial charge in [0.1, 0.15) is 5.78 Å². The van der Waals surface area contributed by atoms with Crippen molar-refractivity contribution < 1.29 is 9.22 Å². The third kappa shape index (κ3) is 3.70. The first-order valence-electron chi connectivity index (χ1n) is 7.23. The van der Waals surface area contributed by atoms with E-state index in [1.807, 2.05) is 6.92 Å². The molecule has 108 valence electrons. The first-order valence-corrected chi connectivity index (χ1v) is 10.1. The lowest BCUT2D eigenvalue weighted by molar-refractivity contribution is -0.127. The molecule has 0 aromatic rings. The van der Waals surface area contributed by atoms with Crippen molar-refractivity contribution >= 4 is 14.1 Å². The van der Waals surface area contributed by atoms with Gasteiger partial charge in [0.2, 0.25) is 0 Å². The third-order valence-corrected chi connectivity index (χ3v) is 9.53. The van der Waals surface area contributed by atoms with Crippen LogP contribution in [0.2, 0.25) is 18.1 Å². The molecule has 19 heavy (non-hydrogen) atoms. The van der Waals surface area contributed by atoms with Gasteiger partial charge in [0.15, 0.2) is 8.32 Å². The second-order valence-electron chi connectivity index (χ2n) is 7.30. The fourth-order valence-corrected chi connectivity index (χ4v) is 3.36. The largest absolute Gasteiger partial charge is 0.416 e. The molecule has 1 aliphatic carbocycles. The Morgan fingerprint density at radius 3 is 2.47 bits per heavy atom. The molecule has 1 fully saturated rings. The number of rotatable bonds is 3. The standard InChI is InChI=1S/C16H28O2Si/c1-8-13-9-10-15(17)12(2)14(13)11-18-19(6,7)16(3,4)5/h1,12-14H,9-11H2,2-7H3/t12-,13+,14+/m0/s1. The lowest BCUT2D eigenvalue weighted by Crippen LogP contribution is -2.44. The molecular weight excluding hydrogens is 252 g/mol. The normalized spacial score (nSPS) is 29.1. The lowest BCUT2D eigenvalue weighted by Gasteiger charge is -2.40. The summed E-state index contributed by atoms with van der Waals surface area (Å²) < 4.78 is 6.28. The van der Waals surface area contributed by atoms with Crippen molar-refractivity contribution in [2.24, 2.45) is 17.8 Å². The summed E-state index contributed by atoms with van der Waals surface area (Å²) in [6.45, 7) is 13.8. The number of ketones is 1. The Kier molecular flexibility index (Phi) is 5.03. The molecule has 0 saturated heterocycles. The molecule has 0 aromatic carbocycles. The van der Waals surface area contributed by atoms with Gasteiger partial charge in [-0.3, -0.25) is 4.79 Å². The van der Waals surface area contributed by atoms with Crippen LogP contribution in [-0.2, 0) is 9.22 Å². The molecule has 1 rings (SSSR count). The Morgan fingerprint density at radius 2 is 2.00 bits per heavy atom. The van der Waals surface area contributed by atoms with E-state index in [2.05, 4.69) is 39.8 Å². The third-order valence-electron chi connectivity index (χ3n) is 5.03. The summed E-state index contributed by atoms with van der Waals surface area (Å²) in [6, 6.07) is 0. The molecule has 0 spiro atoms. The van der Waals surface area contributed by atoms with Crippen LogP contribution in [0.25, 0.3) is 0 Å². The van der Waals surface area contributed by atoms with E-state index in [0.717, 1.165) is 6.42 Å². The molecule has 0 N–H and O–H groups in total. The van der Waals surface area contributed by atoms with Crippen molar-refractivity contribution in [1.29, 1.82) is 0 Å². The van der Waals surface area contributed by atoms with Crippen LogP contribution in [-0.4, -0.2) is 20.7 Å². The van der Waals surface area contributed by atoms with Gasteiger partial charge in [0.25, 0.3) is 0 Å². The summed E-state index contributed by atoms with van der Waals surface area (Å²) in [5.74, 6) is 3.63. The van der Waals surface area contributed by atoms with Crippen molar-refractivity contribution in [2.45, 2.75) is 58.7 Å². The maximum atomic E-state index is 11.9. The summed E-state index contributed by atoms with van der Waals surface area (Å²) in [5.41, 5.74) is 0. The minimum absolute atomic E-state index is 0.0413. The highest BCUT2D eigenvalue weighted by Crippen LogP contribution is 2.39. The van der Waals surface area contributed by atoms with Gasteiger partial charge in [-0.05, 0) is 24.6 Å². The van der Waals surface area contributed by atoms with Gasteiger partial charge in [-0.2, -0.15) is 0 Å². The van der Waals surface area contributed by atoms with Gasteiger partial charge in [-0.25, -0.2) is 0 Å². The summed E-state index contributed by atoms with van der Waals surface area (Å²) in [7, 11) is -1.76. The zero-order valence-corrected chi connectivity index (χ0v) is 14.2. The average molecular weight is 280 g/mol. The van der Waals surface area contributed by atoms with Crippen molar-refractivity contribution in [2.75, 3.05) is 6.61 Å². The van der Waals surface area contributed by atoms with Gasteiger partial charge in [-0.15, -0.1) is 12.3 Å². The van der Waals surface area contributed by atoms with Crippen LogP contribution < -0.4 is 0 Å². The first kappa shape index (κ1) is 16.5. The number of carbonyl (C=O) groups is 1. The topological polar surface area (TPSA) is 26.3 Å². The van der Waals surface area contributed by atoms with Crippen LogP contribution in [0.3, 0.4) is 0 Å². The number of carbonyl (C=O) groups excluding carboxylic acids is 1. The van der Waals surface area contributed by atoms with Crippen LogP contribution in [0.1, 0.15) is 40.5 Å². The molecule has 0 aliphatic heterocycles. The van der Waals surface area contributed by atoms with E-state index in [9.17, 15) is 4.79 Å². The molecule has 0 unspecified atom stereocenters. The van der Waals surface area contributed by atoms with E-state index >= 15 is 0 Å². The fourth-order valence-electron chi connectivity index (χ4n) is 2.32. The monoisotopic (exact) mass is 280 g/mol. The minimum atomic E-state index is -1.76. The highest BCUT2D eigenvalue weighted by atomic mass is 28.4. The molecule has 0 heterocycles. The van der Waals surface area contributed by atoms with Gasteiger partial charge >= 0.3 is 0 Å². The molecule has 3 heteroatoms. The fraction of sp³-hybridized carbons (Fsp3) is 0.812. The van der Waals surface area contributed by atoms with E-state index in [4.69, 9.17) is 10.8 Å². The number of terminal acetylenes is 1. The highest BCUT2D eigenvalue weighted by molar-refractivity contribution is 6.74. The molecular formula is C16H28O2Si. The zero-order valence-electron chi connectivity index (χ0n) is 13.2. The van der Waals surface area contributed by atoms with Gasteiger partial charge in [0, 0.05) is 30.8 Å². The second-order valence-corrected chi connectivity index (χ2v) is 12.1. The Balaban J connectivity index is 2.74. The van der Waals surface area contributed by atoms with Crippen LogP contribution in [0.5, 0.6) is 0 Å². The van der Waals surface area contributed by atoms with Crippen LogP contribution in [0.15, 0.2) is 0 Å². The second kappa shape index (κ2) is 5.81. The maximum absolute atomic E-state index is 11.9.